The second kappa shape index (κ2) is 8.37. The van der Waals surface area contributed by atoms with Gasteiger partial charge in [0.25, 0.3) is 0 Å². The van der Waals surface area contributed by atoms with Gasteiger partial charge in [-0.3, -0.25) is 0 Å². The van der Waals surface area contributed by atoms with Crippen LogP contribution in [-0.4, -0.2) is 30.2 Å². The van der Waals surface area contributed by atoms with Crippen LogP contribution in [0.3, 0.4) is 0 Å². The van der Waals surface area contributed by atoms with Gasteiger partial charge in [-0.1, -0.05) is 11.6 Å². The zero-order valence-electron chi connectivity index (χ0n) is 14.7. The Morgan fingerprint density at radius 3 is 2.15 bits per heavy atom. The number of nitrogens with zero attached hydrogens (tertiary/aromatic N) is 2. The average molecular weight is 385 g/mol. The number of rotatable bonds is 6. The molecule has 8 heteroatoms. The molecule has 138 valence electrons. The second-order valence-corrected chi connectivity index (χ2v) is 5.86. The smallest absolute Gasteiger partial charge is 0.337 e. The topological polar surface area (TPSA) is 85.4 Å². The van der Waals surface area contributed by atoms with E-state index in [4.69, 9.17) is 16.3 Å². The normalized spacial score (nSPS) is 10.2. The van der Waals surface area contributed by atoms with E-state index < -0.39 is 0 Å². The molecule has 27 heavy (non-hydrogen) atoms. The summed E-state index contributed by atoms with van der Waals surface area (Å²) in [4.78, 5) is 19.9. The van der Waals surface area contributed by atoms with Crippen LogP contribution in [0.4, 0.5) is 23.0 Å². The third-order valence-electron chi connectivity index (χ3n) is 3.67. The molecule has 0 aliphatic carbocycles. The third-order valence-corrected chi connectivity index (χ3v) is 3.97. The van der Waals surface area contributed by atoms with E-state index >= 15 is 0 Å². The van der Waals surface area contributed by atoms with Gasteiger partial charge < -0.3 is 20.1 Å². The number of carbonyl (C=O) groups is 1. The maximum Gasteiger partial charge on any atom is 0.337 e. The fourth-order valence-electron chi connectivity index (χ4n) is 2.34. The standard InChI is InChI=1S/C19H17ClN4O3/c1-26-16-8-7-14(9-15(16)20)24-18-10-17(21-11-22-18)23-13-5-3-12(4-6-13)19(25)27-2/h3-11H,1-2H3,(H2,21,22,23,24). The number of aromatic nitrogens is 2. The van der Waals surface area contributed by atoms with Crippen LogP contribution in [0.15, 0.2) is 54.9 Å². The predicted molar refractivity (Wildman–Crippen MR) is 104 cm³/mol. The minimum atomic E-state index is -0.381. The molecule has 0 unspecified atom stereocenters. The molecule has 0 saturated carbocycles. The number of anilines is 4. The second-order valence-electron chi connectivity index (χ2n) is 5.46. The molecule has 0 amide bonds. The number of benzene rings is 2. The Balaban J connectivity index is 1.72. The number of hydrogen-bond acceptors (Lipinski definition) is 7. The quantitative estimate of drug-likeness (QED) is 0.608. The summed E-state index contributed by atoms with van der Waals surface area (Å²) in [6.45, 7) is 0. The van der Waals surface area contributed by atoms with Gasteiger partial charge in [0.05, 0.1) is 24.8 Å². The highest BCUT2D eigenvalue weighted by Gasteiger charge is 2.06. The lowest BCUT2D eigenvalue weighted by Crippen LogP contribution is -2.01. The lowest BCUT2D eigenvalue weighted by Gasteiger charge is -2.10. The zero-order chi connectivity index (χ0) is 19.2. The summed E-state index contributed by atoms with van der Waals surface area (Å²) in [5, 5.41) is 6.82. The number of hydrogen-bond donors (Lipinski definition) is 2. The van der Waals surface area contributed by atoms with Gasteiger partial charge >= 0.3 is 5.97 Å². The van der Waals surface area contributed by atoms with Crippen LogP contribution >= 0.6 is 11.6 Å². The van der Waals surface area contributed by atoms with Crippen LogP contribution in [0.2, 0.25) is 5.02 Å². The molecule has 0 radical (unpaired) electrons. The molecular weight excluding hydrogens is 368 g/mol. The van der Waals surface area contributed by atoms with Crippen molar-refractivity contribution in [1.82, 2.24) is 9.97 Å². The van der Waals surface area contributed by atoms with Crippen molar-refractivity contribution in [2.75, 3.05) is 24.9 Å². The lowest BCUT2D eigenvalue weighted by molar-refractivity contribution is 0.0601. The van der Waals surface area contributed by atoms with Crippen LogP contribution in [0, 0.1) is 0 Å². The molecule has 0 aliphatic heterocycles. The van der Waals surface area contributed by atoms with Gasteiger partial charge in [-0.2, -0.15) is 0 Å². The largest absolute Gasteiger partial charge is 0.495 e. The minimum absolute atomic E-state index is 0.381. The fraction of sp³-hybridized carbons (Fsp3) is 0.105. The number of carbonyl (C=O) groups excluding carboxylic acids is 1. The summed E-state index contributed by atoms with van der Waals surface area (Å²) in [7, 11) is 2.91. The van der Waals surface area contributed by atoms with Gasteiger partial charge in [0.2, 0.25) is 0 Å². The number of ether oxygens (including phenoxy) is 2. The minimum Gasteiger partial charge on any atom is -0.495 e. The van der Waals surface area contributed by atoms with Crippen LogP contribution in [0.25, 0.3) is 0 Å². The van der Waals surface area contributed by atoms with E-state index in [0.717, 1.165) is 11.4 Å². The SMILES string of the molecule is COC(=O)c1ccc(Nc2cc(Nc3ccc(OC)c(Cl)c3)ncn2)cc1. The molecule has 3 aromatic rings. The Kier molecular flexibility index (Phi) is 5.73. The Hall–Kier alpha value is -3.32. The fourth-order valence-corrected chi connectivity index (χ4v) is 2.60. The maximum atomic E-state index is 11.5. The van der Waals surface area contributed by atoms with E-state index in [0.29, 0.717) is 28.0 Å². The van der Waals surface area contributed by atoms with Crippen molar-refractivity contribution in [1.29, 1.82) is 0 Å². The zero-order valence-corrected chi connectivity index (χ0v) is 15.4. The van der Waals surface area contributed by atoms with E-state index in [2.05, 4.69) is 25.3 Å². The summed E-state index contributed by atoms with van der Waals surface area (Å²) in [6.07, 6.45) is 1.44. The van der Waals surface area contributed by atoms with Crippen LogP contribution in [-0.2, 0) is 4.74 Å². The first kappa shape index (κ1) is 18.5. The van der Waals surface area contributed by atoms with Gasteiger partial charge in [0, 0.05) is 17.4 Å². The van der Waals surface area contributed by atoms with Crippen molar-refractivity contribution in [2.45, 2.75) is 0 Å². The Morgan fingerprint density at radius 1 is 0.926 bits per heavy atom. The van der Waals surface area contributed by atoms with Crippen LogP contribution < -0.4 is 15.4 Å². The molecule has 0 atom stereocenters. The van der Waals surface area contributed by atoms with E-state index in [1.165, 1.54) is 13.4 Å². The van der Waals surface area contributed by atoms with Crippen molar-refractivity contribution in [3.05, 3.63) is 65.4 Å². The number of halogens is 1. The molecule has 1 aromatic heterocycles. The first-order valence-corrected chi connectivity index (χ1v) is 8.35. The molecule has 3 rings (SSSR count). The van der Waals surface area contributed by atoms with E-state index in [1.54, 1.807) is 49.6 Å². The van der Waals surface area contributed by atoms with E-state index in [1.807, 2.05) is 6.07 Å². The van der Waals surface area contributed by atoms with Crippen LogP contribution in [0.1, 0.15) is 10.4 Å². The summed E-state index contributed by atoms with van der Waals surface area (Å²) in [6, 6.07) is 14.0. The summed E-state index contributed by atoms with van der Waals surface area (Å²) >= 11 is 6.14. The molecule has 0 bridgehead atoms. The van der Waals surface area contributed by atoms with Gasteiger partial charge in [0.15, 0.2) is 0 Å². The molecule has 7 nitrogen and oxygen atoms in total. The highest BCUT2D eigenvalue weighted by Crippen LogP contribution is 2.28. The molecule has 0 saturated heterocycles. The van der Waals surface area contributed by atoms with Crippen molar-refractivity contribution in [3.8, 4) is 5.75 Å². The molecule has 0 fully saturated rings. The van der Waals surface area contributed by atoms with Gasteiger partial charge in [0.1, 0.15) is 23.7 Å². The van der Waals surface area contributed by atoms with Crippen molar-refractivity contribution in [3.63, 3.8) is 0 Å². The number of esters is 1. The van der Waals surface area contributed by atoms with E-state index in [-0.39, 0.29) is 5.97 Å². The van der Waals surface area contributed by atoms with Crippen molar-refractivity contribution >= 4 is 40.6 Å². The average Bonchev–Trinajstić information content (AvgIpc) is 2.68. The van der Waals surface area contributed by atoms with Gasteiger partial charge in [-0.05, 0) is 42.5 Å². The highest BCUT2D eigenvalue weighted by molar-refractivity contribution is 6.32. The van der Waals surface area contributed by atoms with Gasteiger partial charge in [-0.25, -0.2) is 14.8 Å². The highest BCUT2D eigenvalue weighted by atomic mass is 35.5. The van der Waals surface area contributed by atoms with Crippen molar-refractivity contribution in [2.24, 2.45) is 0 Å². The molecule has 0 spiro atoms. The Morgan fingerprint density at radius 2 is 1.56 bits per heavy atom. The summed E-state index contributed by atoms with van der Waals surface area (Å²) in [5.41, 5.74) is 2.03. The maximum absolute atomic E-state index is 11.5. The summed E-state index contributed by atoms with van der Waals surface area (Å²) in [5.74, 6) is 1.41. The predicted octanol–water partition coefficient (Wildman–Crippen LogP) is 4.41. The Bertz CT molecular complexity index is 948. The monoisotopic (exact) mass is 384 g/mol. The number of methoxy groups -OCH3 is 2. The molecule has 2 N–H and O–H groups in total. The van der Waals surface area contributed by atoms with Crippen molar-refractivity contribution < 1.29 is 14.3 Å². The lowest BCUT2D eigenvalue weighted by atomic mass is 10.2. The van der Waals surface area contributed by atoms with Gasteiger partial charge in [-0.15, -0.1) is 0 Å². The summed E-state index contributed by atoms with van der Waals surface area (Å²) < 4.78 is 9.83. The first-order chi connectivity index (χ1) is 13.1. The molecule has 2 aromatic carbocycles. The van der Waals surface area contributed by atoms with Crippen LogP contribution in [0.5, 0.6) is 5.75 Å². The molecule has 0 aliphatic rings. The first-order valence-electron chi connectivity index (χ1n) is 7.97. The number of nitrogens with one attached hydrogen (secondary N) is 2. The Labute approximate surface area is 161 Å². The van der Waals surface area contributed by atoms with E-state index in [9.17, 15) is 4.79 Å². The molecular formula is C19H17ClN4O3. The molecule has 1 heterocycles. The third kappa shape index (κ3) is 4.65.